The van der Waals surface area contributed by atoms with Gasteiger partial charge in [-0.1, -0.05) is 23.8 Å². The Hall–Kier alpha value is -1.85. The van der Waals surface area contributed by atoms with E-state index in [4.69, 9.17) is 17.3 Å². The molecule has 1 aromatic carbocycles. The van der Waals surface area contributed by atoms with Gasteiger partial charge in [-0.15, -0.1) is 0 Å². The molecule has 2 rings (SSSR count). The molecule has 1 amide bonds. The molecule has 6 heteroatoms. The minimum atomic E-state index is -0.532. The largest absolute Gasteiger partial charge is 0.465 e. The average molecular weight is 295 g/mol. The first-order chi connectivity index (χ1) is 9.51. The van der Waals surface area contributed by atoms with Crippen LogP contribution in [0.4, 0.5) is 5.69 Å². The minimum absolute atomic E-state index is 0.106. The molecule has 0 fully saturated rings. The molecule has 2 unspecified atom stereocenters. The van der Waals surface area contributed by atoms with Crippen molar-refractivity contribution in [3.05, 3.63) is 40.9 Å². The lowest BCUT2D eigenvalue weighted by molar-refractivity contribution is -0.118. The molecule has 0 heterocycles. The summed E-state index contributed by atoms with van der Waals surface area (Å²) in [4.78, 5) is 23.8. The molecular formula is C14H15ClN2O3. The normalized spacial score (nSPS) is 20.8. The van der Waals surface area contributed by atoms with Crippen molar-refractivity contribution in [2.75, 3.05) is 12.4 Å². The number of rotatable bonds is 3. The summed E-state index contributed by atoms with van der Waals surface area (Å²) < 4.78 is 4.67. The van der Waals surface area contributed by atoms with Crippen molar-refractivity contribution in [2.24, 2.45) is 11.7 Å². The number of nitrogens with two attached hydrogens (primary N) is 1. The Morgan fingerprint density at radius 1 is 1.40 bits per heavy atom. The van der Waals surface area contributed by atoms with Crippen LogP contribution in [0.15, 0.2) is 30.4 Å². The van der Waals surface area contributed by atoms with E-state index in [1.54, 1.807) is 18.2 Å². The van der Waals surface area contributed by atoms with Crippen molar-refractivity contribution in [3.63, 3.8) is 0 Å². The van der Waals surface area contributed by atoms with Gasteiger partial charge in [-0.3, -0.25) is 4.79 Å². The second kappa shape index (κ2) is 6.07. The van der Waals surface area contributed by atoms with Crippen LogP contribution in [0.5, 0.6) is 0 Å². The quantitative estimate of drug-likeness (QED) is 0.659. The van der Waals surface area contributed by atoms with Gasteiger partial charge in [-0.2, -0.15) is 0 Å². The number of carbonyl (C=O) groups excluding carboxylic acids is 2. The molecule has 2 atom stereocenters. The SMILES string of the molecule is COC(=O)c1ccc(Cl)cc1NC(=O)C1C=CC(N)C1. The van der Waals surface area contributed by atoms with E-state index in [0.29, 0.717) is 17.1 Å². The number of methoxy groups -OCH3 is 1. The van der Waals surface area contributed by atoms with E-state index in [1.165, 1.54) is 19.2 Å². The molecule has 3 N–H and O–H groups in total. The molecule has 0 bridgehead atoms. The Balaban J connectivity index is 2.20. The van der Waals surface area contributed by atoms with Crippen LogP contribution < -0.4 is 11.1 Å². The number of ether oxygens (including phenoxy) is 1. The first-order valence-corrected chi connectivity index (χ1v) is 6.51. The smallest absolute Gasteiger partial charge is 0.339 e. The lowest BCUT2D eigenvalue weighted by Crippen LogP contribution is -2.24. The van der Waals surface area contributed by atoms with Crippen LogP contribution in [0.3, 0.4) is 0 Å². The highest BCUT2D eigenvalue weighted by Gasteiger charge is 2.24. The fourth-order valence-electron chi connectivity index (χ4n) is 2.05. The summed E-state index contributed by atoms with van der Waals surface area (Å²) in [6.07, 6.45) is 4.12. The third-order valence-electron chi connectivity index (χ3n) is 3.10. The van der Waals surface area contributed by atoms with Gasteiger partial charge in [0.25, 0.3) is 0 Å². The highest BCUT2D eigenvalue weighted by atomic mass is 35.5. The molecular weight excluding hydrogens is 280 g/mol. The van der Waals surface area contributed by atoms with Crippen LogP contribution >= 0.6 is 11.6 Å². The minimum Gasteiger partial charge on any atom is -0.465 e. The molecule has 0 saturated carbocycles. The van der Waals surface area contributed by atoms with Gasteiger partial charge in [0.05, 0.1) is 24.3 Å². The van der Waals surface area contributed by atoms with Gasteiger partial charge in [0.1, 0.15) is 0 Å². The Morgan fingerprint density at radius 2 is 2.15 bits per heavy atom. The summed E-state index contributed by atoms with van der Waals surface area (Å²) in [7, 11) is 1.28. The van der Waals surface area contributed by atoms with Crippen molar-refractivity contribution in [1.29, 1.82) is 0 Å². The Labute approximate surface area is 121 Å². The Bertz CT molecular complexity index is 572. The topological polar surface area (TPSA) is 81.4 Å². The van der Waals surface area contributed by atoms with Crippen molar-refractivity contribution < 1.29 is 14.3 Å². The summed E-state index contributed by atoms with van der Waals surface area (Å²) in [6, 6.07) is 4.49. The van der Waals surface area contributed by atoms with E-state index in [-0.39, 0.29) is 23.4 Å². The van der Waals surface area contributed by atoms with Crippen molar-refractivity contribution >= 4 is 29.2 Å². The number of hydrogen-bond donors (Lipinski definition) is 2. The molecule has 106 valence electrons. The average Bonchev–Trinajstić information content (AvgIpc) is 2.85. The number of nitrogens with one attached hydrogen (secondary N) is 1. The summed E-state index contributed by atoms with van der Waals surface area (Å²) in [6.45, 7) is 0. The molecule has 0 radical (unpaired) electrons. The van der Waals surface area contributed by atoms with Gasteiger partial charge in [0, 0.05) is 11.1 Å². The predicted octanol–water partition coefficient (Wildman–Crippen LogP) is 1.97. The van der Waals surface area contributed by atoms with E-state index < -0.39 is 5.97 Å². The highest BCUT2D eigenvalue weighted by Crippen LogP contribution is 2.24. The van der Waals surface area contributed by atoms with E-state index in [0.717, 1.165) is 0 Å². The maximum absolute atomic E-state index is 12.1. The summed E-state index contributed by atoms with van der Waals surface area (Å²) in [5, 5.41) is 3.12. The number of halogens is 1. The molecule has 0 spiro atoms. The zero-order valence-electron chi connectivity index (χ0n) is 10.9. The number of esters is 1. The van der Waals surface area contributed by atoms with Crippen LogP contribution in [0.25, 0.3) is 0 Å². The second-order valence-electron chi connectivity index (χ2n) is 4.56. The van der Waals surface area contributed by atoms with Gasteiger partial charge >= 0.3 is 5.97 Å². The monoisotopic (exact) mass is 294 g/mol. The number of anilines is 1. The van der Waals surface area contributed by atoms with Crippen molar-refractivity contribution in [2.45, 2.75) is 12.5 Å². The van der Waals surface area contributed by atoms with Crippen molar-refractivity contribution in [3.8, 4) is 0 Å². The first-order valence-electron chi connectivity index (χ1n) is 6.14. The fourth-order valence-corrected chi connectivity index (χ4v) is 2.23. The summed E-state index contributed by atoms with van der Waals surface area (Å²) in [5.74, 6) is -1.05. The lowest BCUT2D eigenvalue weighted by atomic mass is 10.1. The third kappa shape index (κ3) is 3.18. The molecule has 5 nitrogen and oxygen atoms in total. The number of amides is 1. The third-order valence-corrected chi connectivity index (χ3v) is 3.33. The maximum atomic E-state index is 12.1. The molecule has 20 heavy (non-hydrogen) atoms. The van der Waals surface area contributed by atoms with Crippen LogP contribution in [-0.2, 0) is 9.53 Å². The molecule has 0 aromatic heterocycles. The summed E-state index contributed by atoms with van der Waals surface area (Å²) >= 11 is 5.89. The first kappa shape index (κ1) is 14.6. The predicted molar refractivity (Wildman–Crippen MR) is 76.6 cm³/mol. The lowest BCUT2D eigenvalue weighted by Gasteiger charge is -2.13. The maximum Gasteiger partial charge on any atom is 0.339 e. The van der Waals surface area contributed by atoms with E-state index in [9.17, 15) is 9.59 Å². The standard InChI is InChI=1S/C14H15ClN2O3/c1-20-14(19)11-5-3-9(15)7-12(11)17-13(18)8-2-4-10(16)6-8/h2-5,7-8,10H,6,16H2,1H3,(H,17,18). The van der Waals surface area contributed by atoms with Crippen molar-refractivity contribution in [1.82, 2.24) is 0 Å². The number of hydrogen-bond acceptors (Lipinski definition) is 4. The molecule has 0 aliphatic heterocycles. The van der Waals surface area contributed by atoms with Gasteiger partial charge < -0.3 is 15.8 Å². The van der Waals surface area contributed by atoms with E-state index in [1.807, 2.05) is 0 Å². The van der Waals surface area contributed by atoms with Crippen LogP contribution in [0.1, 0.15) is 16.8 Å². The zero-order valence-corrected chi connectivity index (χ0v) is 11.7. The second-order valence-corrected chi connectivity index (χ2v) is 5.00. The van der Waals surface area contributed by atoms with Crippen LogP contribution in [-0.4, -0.2) is 25.0 Å². The van der Waals surface area contributed by atoms with Gasteiger partial charge in [-0.25, -0.2) is 4.79 Å². The van der Waals surface area contributed by atoms with E-state index >= 15 is 0 Å². The molecule has 1 aromatic rings. The fraction of sp³-hybridized carbons (Fsp3) is 0.286. The number of carbonyl (C=O) groups is 2. The van der Waals surface area contributed by atoms with Gasteiger partial charge in [0.2, 0.25) is 5.91 Å². The van der Waals surface area contributed by atoms with Gasteiger partial charge in [-0.05, 0) is 24.6 Å². The molecule has 0 saturated heterocycles. The zero-order chi connectivity index (χ0) is 14.7. The number of benzene rings is 1. The summed E-state index contributed by atoms with van der Waals surface area (Å²) in [5.41, 5.74) is 6.32. The molecule has 1 aliphatic rings. The van der Waals surface area contributed by atoms with E-state index in [2.05, 4.69) is 10.1 Å². The Morgan fingerprint density at radius 3 is 2.75 bits per heavy atom. The van der Waals surface area contributed by atoms with Crippen LogP contribution in [0.2, 0.25) is 5.02 Å². The van der Waals surface area contributed by atoms with Gasteiger partial charge in [0.15, 0.2) is 0 Å². The van der Waals surface area contributed by atoms with Crippen LogP contribution in [0, 0.1) is 5.92 Å². The Kier molecular flexibility index (Phi) is 4.42. The highest BCUT2D eigenvalue weighted by molar-refractivity contribution is 6.31. The molecule has 1 aliphatic carbocycles.